The Labute approximate surface area is 114 Å². The Morgan fingerprint density at radius 2 is 1.84 bits per heavy atom. The van der Waals surface area contributed by atoms with Gasteiger partial charge < -0.3 is 10.1 Å². The van der Waals surface area contributed by atoms with Gasteiger partial charge in [0.1, 0.15) is 5.75 Å². The number of methoxy groups -OCH3 is 1. The second-order valence-electron chi connectivity index (χ2n) is 5.77. The van der Waals surface area contributed by atoms with Crippen LogP contribution in [-0.4, -0.2) is 19.1 Å². The zero-order valence-corrected chi connectivity index (χ0v) is 11.4. The first-order chi connectivity index (χ1) is 9.24. The highest BCUT2D eigenvalue weighted by atomic mass is 16.5. The Bertz CT molecular complexity index is 456. The van der Waals surface area contributed by atoms with Crippen LogP contribution in [0.4, 0.5) is 0 Å². The van der Waals surface area contributed by atoms with Gasteiger partial charge in [0, 0.05) is 6.04 Å². The van der Waals surface area contributed by atoms with Crippen LogP contribution in [0.2, 0.25) is 0 Å². The number of benzene rings is 1. The molecule has 0 radical (unpaired) electrons. The molecule has 1 amide bonds. The lowest BCUT2D eigenvalue weighted by molar-refractivity contribution is -0.124. The Balaban J connectivity index is 1.72. The van der Waals surface area contributed by atoms with Gasteiger partial charge in [0.2, 0.25) is 5.91 Å². The molecule has 2 aliphatic carbocycles. The Hall–Kier alpha value is -1.51. The summed E-state index contributed by atoms with van der Waals surface area (Å²) < 4.78 is 5.17. The molecule has 0 saturated heterocycles. The molecule has 0 spiro atoms. The minimum atomic E-state index is -0.255. The van der Waals surface area contributed by atoms with Gasteiger partial charge in [-0.2, -0.15) is 0 Å². The lowest BCUT2D eigenvalue weighted by Gasteiger charge is -2.19. The number of hydrogen-bond donors (Lipinski definition) is 1. The number of ether oxygens (including phenoxy) is 1. The zero-order valence-electron chi connectivity index (χ0n) is 11.4. The van der Waals surface area contributed by atoms with Crippen LogP contribution >= 0.6 is 0 Å². The summed E-state index contributed by atoms with van der Waals surface area (Å²) in [4.78, 5) is 12.5. The molecule has 19 heavy (non-hydrogen) atoms. The fraction of sp³-hybridized carbons (Fsp3) is 0.562. The lowest BCUT2D eigenvalue weighted by atomic mass is 9.94. The molecule has 0 heterocycles. The van der Waals surface area contributed by atoms with Crippen molar-refractivity contribution in [2.75, 3.05) is 7.11 Å². The number of carbonyl (C=O) groups excluding carboxylic acids is 1. The van der Waals surface area contributed by atoms with Crippen molar-refractivity contribution in [2.24, 2.45) is 0 Å². The molecule has 3 heteroatoms. The third kappa shape index (κ3) is 2.34. The van der Waals surface area contributed by atoms with E-state index in [9.17, 15) is 4.79 Å². The monoisotopic (exact) mass is 259 g/mol. The first-order valence-corrected chi connectivity index (χ1v) is 7.20. The Kier molecular flexibility index (Phi) is 3.21. The predicted molar refractivity (Wildman–Crippen MR) is 74.3 cm³/mol. The van der Waals surface area contributed by atoms with E-state index in [2.05, 4.69) is 5.32 Å². The van der Waals surface area contributed by atoms with Crippen molar-refractivity contribution in [1.82, 2.24) is 5.32 Å². The van der Waals surface area contributed by atoms with E-state index in [0.29, 0.717) is 6.04 Å². The number of hydrogen-bond acceptors (Lipinski definition) is 2. The van der Waals surface area contributed by atoms with Gasteiger partial charge in [-0.1, -0.05) is 25.0 Å². The molecule has 0 atom stereocenters. The molecule has 2 fully saturated rings. The minimum Gasteiger partial charge on any atom is -0.497 e. The Morgan fingerprint density at radius 3 is 2.37 bits per heavy atom. The first-order valence-electron chi connectivity index (χ1n) is 7.20. The summed E-state index contributed by atoms with van der Waals surface area (Å²) >= 11 is 0. The molecule has 3 rings (SSSR count). The fourth-order valence-electron chi connectivity index (χ4n) is 3.08. The second-order valence-corrected chi connectivity index (χ2v) is 5.77. The number of amides is 1. The molecule has 1 N–H and O–H groups in total. The highest BCUT2D eigenvalue weighted by Crippen LogP contribution is 2.48. The molecular formula is C16H21NO2. The maximum absolute atomic E-state index is 12.5. The largest absolute Gasteiger partial charge is 0.497 e. The van der Waals surface area contributed by atoms with Crippen LogP contribution in [0.3, 0.4) is 0 Å². The molecule has 0 aliphatic heterocycles. The van der Waals surface area contributed by atoms with Crippen molar-refractivity contribution >= 4 is 5.91 Å². The molecule has 0 aromatic heterocycles. The first kappa shape index (κ1) is 12.5. The minimum absolute atomic E-state index is 0.226. The van der Waals surface area contributed by atoms with Crippen LogP contribution in [-0.2, 0) is 10.2 Å². The SMILES string of the molecule is COc1ccc(C2(C(=O)NC3CCCC3)CC2)cc1. The quantitative estimate of drug-likeness (QED) is 0.903. The molecule has 3 nitrogen and oxygen atoms in total. The average molecular weight is 259 g/mol. The van der Waals surface area contributed by atoms with Crippen LogP contribution in [0.1, 0.15) is 44.1 Å². The van der Waals surface area contributed by atoms with Gasteiger partial charge in [0.25, 0.3) is 0 Å². The highest BCUT2D eigenvalue weighted by Gasteiger charge is 2.51. The van der Waals surface area contributed by atoms with Gasteiger partial charge >= 0.3 is 0 Å². The van der Waals surface area contributed by atoms with Gasteiger partial charge in [0.05, 0.1) is 12.5 Å². The molecule has 0 unspecified atom stereocenters. The summed E-state index contributed by atoms with van der Waals surface area (Å²) in [5.74, 6) is 1.07. The maximum atomic E-state index is 12.5. The molecular weight excluding hydrogens is 238 g/mol. The molecule has 102 valence electrons. The van der Waals surface area contributed by atoms with Gasteiger partial charge in [-0.15, -0.1) is 0 Å². The maximum Gasteiger partial charge on any atom is 0.230 e. The lowest BCUT2D eigenvalue weighted by Crippen LogP contribution is -2.40. The van der Waals surface area contributed by atoms with Crippen molar-refractivity contribution in [3.63, 3.8) is 0 Å². The fourth-order valence-corrected chi connectivity index (χ4v) is 3.08. The van der Waals surface area contributed by atoms with E-state index in [1.165, 1.54) is 12.8 Å². The van der Waals surface area contributed by atoms with E-state index in [-0.39, 0.29) is 11.3 Å². The average Bonchev–Trinajstić information content (AvgIpc) is 3.11. The van der Waals surface area contributed by atoms with Crippen molar-refractivity contribution in [3.8, 4) is 5.75 Å². The van der Waals surface area contributed by atoms with E-state index < -0.39 is 0 Å². The summed E-state index contributed by atoms with van der Waals surface area (Å²) in [6.07, 6.45) is 6.73. The molecule has 1 aromatic rings. The molecule has 1 aromatic carbocycles. The summed E-state index contributed by atoms with van der Waals surface area (Å²) in [5, 5.41) is 3.24. The van der Waals surface area contributed by atoms with Crippen molar-refractivity contribution < 1.29 is 9.53 Å². The summed E-state index contributed by atoms with van der Waals surface area (Å²) in [6.45, 7) is 0. The summed E-state index contributed by atoms with van der Waals surface area (Å²) in [5.41, 5.74) is 0.873. The van der Waals surface area contributed by atoms with Crippen molar-refractivity contribution in [1.29, 1.82) is 0 Å². The van der Waals surface area contributed by atoms with E-state index in [0.717, 1.165) is 37.0 Å². The number of rotatable bonds is 4. The van der Waals surface area contributed by atoms with Crippen LogP contribution < -0.4 is 10.1 Å². The molecule has 0 bridgehead atoms. The number of carbonyl (C=O) groups is 1. The van der Waals surface area contributed by atoms with Crippen LogP contribution in [0.25, 0.3) is 0 Å². The third-order valence-electron chi connectivity index (χ3n) is 4.52. The van der Waals surface area contributed by atoms with Crippen LogP contribution in [0.15, 0.2) is 24.3 Å². The van der Waals surface area contributed by atoms with Crippen LogP contribution in [0, 0.1) is 0 Å². The summed E-state index contributed by atoms with van der Waals surface area (Å²) in [6, 6.07) is 8.35. The standard InChI is InChI=1S/C16H21NO2/c1-19-14-8-6-12(7-9-14)16(10-11-16)15(18)17-13-4-2-3-5-13/h6-9,13H,2-5,10-11H2,1H3,(H,17,18). The molecule has 2 aliphatic rings. The topological polar surface area (TPSA) is 38.3 Å². The van der Waals surface area contributed by atoms with E-state index in [1.54, 1.807) is 7.11 Å². The Morgan fingerprint density at radius 1 is 1.21 bits per heavy atom. The smallest absolute Gasteiger partial charge is 0.230 e. The predicted octanol–water partition coefficient (Wildman–Crippen LogP) is 2.79. The van der Waals surface area contributed by atoms with Crippen molar-refractivity contribution in [3.05, 3.63) is 29.8 Å². The van der Waals surface area contributed by atoms with Gasteiger partial charge in [-0.3, -0.25) is 4.79 Å². The van der Waals surface area contributed by atoms with Gasteiger partial charge in [-0.25, -0.2) is 0 Å². The normalized spacial score (nSPS) is 21.1. The van der Waals surface area contributed by atoms with Gasteiger partial charge in [-0.05, 0) is 43.4 Å². The zero-order chi connectivity index (χ0) is 13.3. The highest BCUT2D eigenvalue weighted by molar-refractivity contribution is 5.91. The third-order valence-corrected chi connectivity index (χ3v) is 4.52. The van der Waals surface area contributed by atoms with Gasteiger partial charge in [0.15, 0.2) is 0 Å². The van der Waals surface area contributed by atoms with Crippen molar-refractivity contribution in [2.45, 2.75) is 50.0 Å². The van der Waals surface area contributed by atoms with Crippen LogP contribution in [0.5, 0.6) is 5.75 Å². The van der Waals surface area contributed by atoms with E-state index >= 15 is 0 Å². The second kappa shape index (κ2) is 4.87. The summed E-state index contributed by atoms with van der Waals surface area (Å²) in [7, 11) is 1.66. The van der Waals surface area contributed by atoms with E-state index in [1.807, 2.05) is 24.3 Å². The molecule has 2 saturated carbocycles. The van der Waals surface area contributed by atoms with E-state index in [4.69, 9.17) is 4.74 Å². The number of nitrogens with one attached hydrogen (secondary N) is 1.